The van der Waals surface area contributed by atoms with Crippen LogP contribution in [0.2, 0.25) is 0 Å². The first-order valence-corrected chi connectivity index (χ1v) is 10.5. The van der Waals surface area contributed by atoms with Gasteiger partial charge in [-0.1, -0.05) is 48.5 Å². The minimum atomic E-state index is -0.0701. The Hall–Kier alpha value is -2.67. The molecule has 7 heteroatoms. The number of nitrogens with zero attached hydrogens (tertiary/aromatic N) is 1. The molecule has 0 radical (unpaired) electrons. The molecule has 0 aliphatic carbocycles. The van der Waals surface area contributed by atoms with Crippen LogP contribution < -0.4 is 10.6 Å². The lowest BCUT2D eigenvalue weighted by molar-refractivity contribution is -0.116. The molecule has 30 heavy (non-hydrogen) atoms. The Kier molecular flexibility index (Phi) is 7.63. The molecule has 0 spiro atoms. The first-order chi connectivity index (χ1) is 14.2. The fourth-order valence-corrected chi connectivity index (χ4v) is 4.55. The highest BCUT2D eigenvalue weighted by atomic mass is 35.5. The number of carbonyl (C=O) groups is 2. The number of thioether (sulfide) groups is 1. The topological polar surface area (TPSA) is 71.1 Å². The molecule has 3 aromatic rings. The molecule has 4 rings (SSSR count). The monoisotopic (exact) mass is 439 g/mol. The maximum atomic E-state index is 12.6. The van der Waals surface area contributed by atoms with Gasteiger partial charge in [-0.15, -0.1) is 24.2 Å². The van der Waals surface area contributed by atoms with Crippen LogP contribution in [0.1, 0.15) is 33.3 Å². The zero-order chi connectivity index (χ0) is 20.1. The Balaban J connectivity index is 0.00000256. The van der Waals surface area contributed by atoms with Gasteiger partial charge in [0.1, 0.15) is 0 Å². The van der Waals surface area contributed by atoms with Gasteiger partial charge in [-0.05, 0) is 23.8 Å². The van der Waals surface area contributed by atoms with Gasteiger partial charge >= 0.3 is 0 Å². The summed E-state index contributed by atoms with van der Waals surface area (Å²) in [6.07, 6.45) is 3.98. The van der Waals surface area contributed by atoms with Gasteiger partial charge in [0, 0.05) is 47.4 Å². The zero-order valence-electron chi connectivity index (χ0n) is 16.2. The van der Waals surface area contributed by atoms with E-state index in [0.29, 0.717) is 23.2 Å². The van der Waals surface area contributed by atoms with Crippen LogP contribution in [0.5, 0.6) is 0 Å². The predicted octanol–water partition coefficient (Wildman–Crippen LogP) is 4.47. The van der Waals surface area contributed by atoms with Crippen molar-refractivity contribution < 1.29 is 9.59 Å². The second-order valence-electron chi connectivity index (χ2n) is 6.89. The van der Waals surface area contributed by atoms with E-state index >= 15 is 0 Å². The summed E-state index contributed by atoms with van der Waals surface area (Å²) >= 11 is 1.78. The van der Waals surface area contributed by atoms with Crippen LogP contribution in [0, 0.1) is 0 Å². The lowest BCUT2D eigenvalue weighted by Crippen LogP contribution is -2.30. The Morgan fingerprint density at radius 3 is 2.60 bits per heavy atom. The number of rotatable bonds is 6. The van der Waals surface area contributed by atoms with Crippen LogP contribution in [0.3, 0.4) is 0 Å². The van der Waals surface area contributed by atoms with Crippen LogP contribution in [-0.2, 0) is 4.79 Å². The maximum absolute atomic E-state index is 12.6. The molecule has 2 N–H and O–H groups in total. The van der Waals surface area contributed by atoms with Crippen LogP contribution in [0.25, 0.3) is 0 Å². The summed E-state index contributed by atoms with van der Waals surface area (Å²) in [6.45, 7) is 0. The fraction of sp³-hybridized carbons (Fsp3) is 0.174. The minimum Gasteiger partial charge on any atom is -0.326 e. The van der Waals surface area contributed by atoms with E-state index in [1.54, 1.807) is 54.4 Å². The highest BCUT2D eigenvalue weighted by molar-refractivity contribution is 7.99. The molecule has 1 saturated heterocycles. The van der Waals surface area contributed by atoms with Crippen molar-refractivity contribution in [2.75, 3.05) is 11.1 Å². The van der Waals surface area contributed by atoms with Gasteiger partial charge in [-0.25, -0.2) is 0 Å². The fourth-order valence-electron chi connectivity index (χ4n) is 3.29. The maximum Gasteiger partial charge on any atom is 0.225 e. The third-order valence-electron chi connectivity index (χ3n) is 4.71. The number of hydrogen-bond acceptors (Lipinski definition) is 5. The van der Waals surface area contributed by atoms with Gasteiger partial charge in [-0.3, -0.25) is 19.9 Å². The smallest absolute Gasteiger partial charge is 0.225 e. The Morgan fingerprint density at radius 1 is 1.03 bits per heavy atom. The molecule has 2 unspecified atom stereocenters. The lowest BCUT2D eigenvalue weighted by Gasteiger charge is -2.13. The van der Waals surface area contributed by atoms with Crippen LogP contribution in [-0.4, -0.2) is 28.5 Å². The molecule has 154 valence electrons. The second-order valence-corrected chi connectivity index (χ2v) is 8.03. The van der Waals surface area contributed by atoms with Crippen molar-refractivity contribution >= 4 is 41.5 Å². The summed E-state index contributed by atoms with van der Waals surface area (Å²) < 4.78 is 0. The Morgan fingerprint density at radius 2 is 1.83 bits per heavy atom. The number of nitrogens with one attached hydrogen (secondary N) is 2. The van der Waals surface area contributed by atoms with Crippen molar-refractivity contribution in [3.8, 4) is 0 Å². The number of anilines is 1. The van der Waals surface area contributed by atoms with Gasteiger partial charge in [0.25, 0.3) is 0 Å². The minimum absolute atomic E-state index is 0. The third-order valence-corrected chi connectivity index (χ3v) is 6.05. The first-order valence-electron chi connectivity index (χ1n) is 9.46. The summed E-state index contributed by atoms with van der Waals surface area (Å²) in [4.78, 5) is 29.3. The van der Waals surface area contributed by atoms with Crippen molar-refractivity contribution in [3.63, 3.8) is 0 Å². The lowest BCUT2D eigenvalue weighted by atomic mass is 10.0. The first kappa shape index (κ1) is 22.0. The molecule has 1 aliphatic heterocycles. The van der Waals surface area contributed by atoms with Crippen molar-refractivity contribution in [2.24, 2.45) is 0 Å². The number of halogens is 1. The molecule has 0 bridgehead atoms. The number of amides is 1. The molecule has 0 saturated carbocycles. The molecule has 1 aliphatic rings. The predicted molar refractivity (Wildman–Crippen MR) is 123 cm³/mol. The highest BCUT2D eigenvalue weighted by Crippen LogP contribution is 2.33. The Labute approximate surface area is 186 Å². The highest BCUT2D eigenvalue weighted by Gasteiger charge is 2.27. The standard InChI is InChI=1S/C23H21N3O2S.ClH/c27-21(13-20-15-29-23(26-20)18-9-5-11-24-14-18)25-19-10-4-8-17(12-19)22(28)16-6-2-1-3-7-16;/h1-12,14,20,23,26H,13,15H2,(H,25,27);1H. The molecule has 1 amide bonds. The van der Waals surface area contributed by atoms with E-state index in [1.807, 2.05) is 36.5 Å². The average molecular weight is 440 g/mol. The number of aromatic nitrogens is 1. The molecule has 2 atom stereocenters. The van der Waals surface area contributed by atoms with E-state index < -0.39 is 0 Å². The van der Waals surface area contributed by atoms with E-state index in [-0.39, 0.29) is 35.5 Å². The largest absolute Gasteiger partial charge is 0.326 e. The van der Waals surface area contributed by atoms with E-state index in [0.717, 1.165) is 11.3 Å². The summed E-state index contributed by atoms with van der Waals surface area (Å²) in [5.74, 6) is 0.730. The van der Waals surface area contributed by atoms with E-state index in [2.05, 4.69) is 15.6 Å². The Bertz CT molecular complexity index is 1000. The molecule has 2 aromatic carbocycles. The van der Waals surface area contributed by atoms with Crippen molar-refractivity contribution in [2.45, 2.75) is 17.8 Å². The van der Waals surface area contributed by atoms with Crippen LogP contribution >= 0.6 is 24.2 Å². The van der Waals surface area contributed by atoms with Gasteiger partial charge in [0.05, 0.1) is 5.37 Å². The van der Waals surface area contributed by atoms with Crippen molar-refractivity contribution in [1.29, 1.82) is 0 Å². The SMILES string of the molecule is Cl.O=C(CC1CSC(c2cccnc2)N1)Nc1cccc(C(=O)c2ccccc2)c1. The number of ketones is 1. The molecule has 1 fully saturated rings. The van der Waals surface area contributed by atoms with Gasteiger partial charge < -0.3 is 5.32 Å². The quantitative estimate of drug-likeness (QED) is 0.554. The number of benzene rings is 2. The van der Waals surface area contributed by atoms with E-state index in [9.17, 15) is 9.59 Å². The van der Waals surface area contributed by atoms with Crippen molar-refractivity contribution in [3.05, 3.63) is 95.8 Å². The van der Waals surface area contributed by atoms with Crippen LogP contribution in [0.15, 0.2) is 79.1 Å². The van der Waals surface area contributed by atoms with Crippen LogP contribution in [0.4, 0.5) is 5.69 Å². The molecular formula is C23H22ClN3O2S. The molecule has 2 heterocycles. The average Bonchev–Trinajstić information content (AvgIpc) is 3.23. The third kappa shape index (κ3) is 5.48. The zero-order valence-corrected chi connectivity index (χ0v) is 17.8. The number of pyridine rings is 1. The second kappa shape index (κ2) is 10.4. The normalized spacial score (nSPS) is 17.7. The summed E-state index contributed by atoms with van der Waals surface area (Å²) in [5.41, 5.74) is 2.93. The summed E-state index contributed by atoms with van der Waals surface area (Å²) in [7, 11) is 0. The molecule has 5 nitrogen and oxygen atoms in total. The van der Waals surface area contributed by atoms with Gasteiger partial charge in [0.2, 0.25) is 5.91 Å². The summed E-state index contributed by atoms with van der Waals surface area (Å²) in [6, 6.07) is 20.3. The van der Waals surface area contributed by atoms with Crippen molar-refractivity contribution in [1.82, 2.24) is 10.3 Å². The molecule has 1 aromatic heterocycles. The number of carbonyl (C=O) groups excluding carboxylic acids is 2. The van der Waals surface area contributed by atoms with E-state index in [4.69, 9.17) is 0 Å². The van der Waals surface area contributed by atoms with E-state index in [1.165, 1.54) is 0 Å². The summed E-state index contributed by atoms with van der Waals surface area (Å²) in [5, 5.41) is 6.56. The van der Waals surface area contributed by atoms with Gasteiger partial charge in [-0.2, -0.15) is 0 Å². The van der Waals surface area contributed by atoms with Gasteiger partial charge in [0.15, 0.2) is 5.78 Å². The number of hydrogen-bond donors (Lipinski definition) is 2. The molecular weight excluding hydrogens is 418 g/mol.